The fraction of sp³-hybridized carbons (Fsp3) is 0.250. The fourth-order valence-electron chi connectivity index (χ4n) is 2.05. The van der Waals surface area contributed by atoms with Gasteiger partial charge in [0.2, 0.25) is 0 Å². The molecule has 0 saturated heterocycles. The monoisotopic (exact) mass is 414 g/mol. The lowest BCUT2D eigenvalue weighted by Crippen LogP contribution is -2.03. The maximum atomic E-state index is 10.6. The first-order valence-corrected chi connectivity index (χ1v) is 8.09. The smallest absolute Gasteiger partial charge is 0.133 e. The van der Waals surface area contributed by atoms with Gasteiger partial charge in [-0.3, -0.25) is 0 Å². The summed E-state index contributed by atoms with van der Waals surface area (Å²) >= 11 is 6.86. The van der Waals surface area contributed by atoms with Gasteiger partial charge in [-0.15, -0.1) is 0 Å². The average molecular weight is 416 g/mol. The first-order chi connectivity index (χ1) is 10.1. The third-order valence-corrected chi connectivity index (χ3v) is 4.17. The van der Waals surface area contributed by atoms with Crippen molar-refractivity contribution in [3.8, 4) is 11.5 Å². The molecule has 0 spiro atoms. The van der Waals surface area contributed by atoms with E-state index in [1.165, 1.54) is 0 Å². The fourth-order valence-corrected chi connectivity index (χ4v) is 2.90. The van der Waals surface area contributed by atoms with Crippen molar-refractivity contribution in [2.45, 2.75) is 13.0 Å². The molecule has 21 heavy (non-hydrogen) atoms. The van der Waals surface area contributed by atoms with E-state index in [-0.39, 0.29) is 0 Å². The highest BCUT2D eigenvalue weighted by molar-refractivity contribution is 9.10. The van der Waals surface area contributed by atoms with Crippen molar-refractivity contribution in [2.24, 2.45) is 0 Å². The molecule has 1 atom stereocenters. The van der Waals surface area contributed by atoms with Crippen molar-refractivity contribution >= 4 is 31.9 Å². The summed E-state index contributed by atoms with van der Waals surface area (Å²) in [4.78, 5) is 0. The van der Waals surface area contributed by atoms with Gasteiger partial charge in [-0.2, -0.15) is 0 Å². The molecule has 0 aliphatic rings. The van der Waals surface area contributed by atoms with E-state index in [2.05, 4.69) is 31.9 Å². The maximum Gasteiger partial charge on any atom is 0.133 e. The lowest BCUT2D eigenvalue weighted by molar-refractivity contribution is 0.214. The van der Waals surface area contributed by atoms with Gasteiger partial charge in [0.05, 0.1) is 18.2 Å². The Morgan fingerprint density at radius 1 is 1.10 bits per heavy atom. The predicted molar refractivity (Wildman–Crippen MR) is 90.1 cm³/mol. The van der Waals surface area contributed by atoms with Crippen LogP contribution in [0.3, 0.4) is 0 Å². The molecule has 0 saturated carbocycles. The quantitative estimate of drug-likeness (QED) is 0.768. The molecule has 1 N–H and O–H groups in total. The van der Waals surface area contributed by atoms with Gasteiger partial charge in [0.25, 0.3) is 0 Å². The molecule has 1 unspecified atom stereocenters. The summed E-state index contributed by atoms with van der Waals surface area (Å²) in [5, 5.41) is 10.6. The largest absolute Gasteiger partial charge is 0.496 e. The molecule has 2 rings (SSSR count). The molecule has 5 heteroatoms. The molecule has 0 aliphatic carbocycles. The number of hydrogen-bond acceptors (Lipinski definition) is 3. The molecule has 0 radical (unpaired) electrons. The standard InChI is InChI=1S/C16H16Br2O3/c1-3-21-14-7-4-10(8-13(14)18)16(19)12-6-5-11(17)9-15(12)20-2/h4-9,16,19H,3H2,1-2H3. The van der Waals surface area contributed by atoms with Crippen LogP contribution >= 0.6 is 31.9 Å². The Bertz CT molecular complexity index is 629. The molecular weight excluding hydrogens is 400 g/mol. The van der Waals surface area contributed by atoms with Crippen molar-refractivity contribution in [3.05, 3.63) is 56.5 Å². The van der Waals surface area contributed by atoms with Crippen LogP contribution in [0.4, 0.5) is 0 Å². The van der Waals surface area contributed by atoms with E-state index in [9.17, 15) is 5.11 Å². The Morgan fingerprint density at radius 2 is 1.86 bits per heavy atom. The van der Waals surface area contributed by atoms with Gasteiger partial charge in [-0.1, -0.05) is 28.1 Å². The molecule has 2 aromatic rings. The van der Waals surface area contributed by atoms with Crippen molar-refractivity contribution in [3.63, 3.8) is 0 Å². The van der Waals surface area contributed by atoms with E-state index in [0.717, 1.165) is 25.8 Å². The SMILES string of the molecule is CCOc1ccc(C(O)c2ccc(Br)cc2OC)cc1Br. The second-order valence-corrected chi connectivity index (χ2v) is 6.18. The number of aliphatic hydroxyl groups is 1. The number of benzene rings is 2. The minimum Gasteiger partial charge on any atom is -0.496 e. The Balaban J connectivity index is 2.36. The highest BCUT2D eigenvalue weighted by Crippen LogP contribution is 2.35. The van der Waals surface area contributed by atoms with E-state index >= 15 is 0 Å². The van der Waals surface area contributed by atoms with Gasteiger partial charge in [0.15, 0.2) is 0 Å². The van der Waals surface area contributed by atoms with Gasteiger partial charge < -0.3 is 14.6 Å². The number of rotatable bonds is 5. The Morgan fingerprint density at radius 3 is 2.48 bits per heavy atom. The van der Waals surface area contributed by atoms with Gasteiger partial charge in [-0.05, 0) is 52.7 Å². The van der Waals surface area contributed by atoms with Crippen LogP contribution in [-0.2, 0) is 0 Å². The maximum absolute atomic E-state index is 10.6. The molecular formula is C16H16Br2O3. The highest BCUT2D eigenvalue weighted by atomic mass is 79.9. The van der Waals surface area contributed by atoms with Crippen LogP contribution in [-0.4, -0.2) is 18.8 Å². The summed E-state index contributed by atoms with van der Waals surface area (Å²) in [7, 11) is 1.59. The topological polar surface area (TPSA) is 38.7 Å². The summed E-state index contributed by atoms with van der Waals surface area (Å²) in [6.45, 7) is 2.53. The third kappa shape index (κ3) is 3.78. The lowest BCUT2D eigenvalue weighted by atomic mass is 10.0. The van der Waals surface area contributed by atoms with Crippen LogP contribution in [0.5, 0.6) is 11.5 Å². The zero-order valence-corrected chi connectivity index (χ0v) is 14.9. The van der Waals surface area contributed by atoms with Crippen LogP contribution in [0.25, 0.3) is 0 Å². The summed E-state index contributed by atoms with van der Waals surface area (Å²) in [5.74, 6) is 1.40. The molecule has 112 valence electrons. The Kier molecular flexibility index (Phi) is 5.67. The molecule has 0 bridgehead atoms. The first-order valence-electron chi connectivity index (χ1n) is 6.50. The van der Waals surface area contributed by atoms with E-state index in [4.69, 9.17) is 9.47 Å². The van der Waals surface area contributed by atoms with Crippen molar-refractivity contribution in [2.75, 3.05) is 13.7 Å². The number of ether oxygens (including phenoxy) is 2. The predicted octanol–water partition coefficient (Wildman–Crippen LogP) is 4.70. The van der Waals surface area contributed by atoms with E-state index in [0.29, 0.717) is 12.4 Å². The molecule has 3 nitrogen and oxygen atoms in total. The van der Waals surface area contributed by atoms with Gasteiger partial charge in [0.1, 0.15) is 17.6 Å². The Labute approximate surface area is 141 Å². The van der Waals surface area contributed by atoms with Gasteiger partial charge in [0, 0.05) is 10.0 Å². The molecule has 0 heterocycles. The van der Waals surface area contributed by atoms with Crippen molar-refractivity contribution in [1.29, 1.82) is 0 Å². The second-order valence-electron chi connectivity index (χ2n) is 4.41. The summed E-state index contributed by atoms with van der Waals surface area (Å²) < 4.78 is 12.5. The van der Waals surface area contributed by atoms with Crippen molar-refractivity contribution < 1.29 is 14.6 Å². The van der Waals surface area contributed by atoms with Gasteiger partial charge in [-0.25, -0.2) is 0 Å². The van der Waals surface area contributed by atoms with E-state index in [1.807, 2.05) is 43.3 Å². The Hall–Kier alpha value is -1.04. The summed E-state index contributed by atoms with van der Waals surface area (Å²) in [6, 6.07) is 11.1. The molecule has 0 fully saturated rings. The van der Waals surface area contributed by atoms with E-state index < -0.39 is 6.10 Å². The zero-order chi connectivity index (χ0) is 15.4. The van der Waals surface area contributed by atoms with Crippen molar-refractivity contribution in [1.82, 2.24) is 0 Å². The second kappa shape index (κ2) is 7.29. The number of aliphatic hydroxyl groups excluding tert-OH is 1. The molecule has 0 amide bonds. The molecule has 2 aromatic carbocycles. The highest BCUT2D eigenvalue weighted by Gasteiger charge is 2.17. The molecule has 0 aromatic heterocycles. The van der Waals surface area contributed by atoms with Gasteiger partial charge >= 0.3 is 0 Å². The van der Waals surface area contributed by atoms with Crippen LogP contribution in [0.1, 0.15) is 24.2 Å². The normalized spacial score (nSPS) is 12.0. The third-order valence-electron chi connectivity index (χ3n) is 3.06. The number of hydrogen-bond donors (Lipinski definition) is 1. The van der Waals surface area contributed by atoms with Crippen LogP contribution in [0, 0.1) is 0 Å². The van der Waals surface area contributed by atoms with Crippen LogP contribution in [0.15, 0.2) is 45.3 Å². The summed E-state index contributed by atoms with van der Waals surface area (Å²) in [5.41, 5.74) is 1.49. The number of halogens is 2. The number of methoxy groups -OCH3 is 1. The van der Waals surface area contributed by atoms with Crippen LogP contribution in [0.2, 0.25) is 0 Å². The van der Waals surface area contributed by atoms with E-state index in [1.54, 1.807) is 7.11 Å². The summed E-state index contributed by atoms with van der Waals surface area (Å²) in [6.07, 6.45) is -0.764. The first kappa shape index (κ1) is 16.3. The minimum atomic E-state index is -0.764. The molecule has 0 aliphatic heterocycles. The average Bonchev–Trinajstić information content (AvgIpc) is 2.48. The minimum absolute atomic E-state index is 0.598. The lowest BCUT2D eigenvalue weighted by Gasteiger charge is -2.16. The zero-order valence-electron chi connectivity index (χ0n) is 11.8. The van der Waals surface area contributed by atoms with Crippen LogP contribution < -0.4 is 9.47 Å².